The zero-order chi connectivity index (χ0) is 11.5. The van der Waals surface area contributed by atoms with Gasteiger partial charge in [0, 0.05) is 5.69 Å². The number of alkyl halides is 1. The van der Waals surface area contributed by atoms with Crippen molar-refractivity contribution >= 4 is 44.8 Å². The molecule has 2 aromatic rings. The molecule has 0 aliphatic heterocycles. The molecule has 2 rings (SSSR count). The van der Waals surface area contributed by atoms with Gasteiger partial charge in [-0.3, -0.25) is 4.79 Å². The maximum absolute atomic E-state index is 11.1. The Morgan fingerprint density at radius 3 is 3.12 bits per heavy atom. The summed E-state index contributed by atoms with van der Waals surface area (Å²) in [5, 5.41) is 3.56. The first kappa shape index (κ1) is 11.2. The second-order valence-electron chi connectivity index (χ2n) is 3.08. The van der Waals surface area contributed by atoms with Gasteiger partial charge in [0.1, 0.15) is 5.88 Å². The van der Waals surface area contributed by atoms with Crippen molar-refractivity contribution in [2.75, 3.05) is 18.3 Å². The average Bonchev–Trinajstić information content (AvgIpc) is 2.71. The quantitative estimate of drug-likeness (QED) is 0.859. The molecule has 0 saturated carbocycles. The van der Waals surface area contributed by atoms with Crippen LogP contribution < -0.4 is 10.1 Å². The largest absolute Gasteiger partial charge is 0.480 e. The van der Waals surface area contributed by atoms with E-state index in [1.54, 1.807) is 7.11 Å². The van der Waals surface area contributed by atoms with Crippen molar-refractivity contribution in [3.63, 3.8) is 0 Å². The highest BCUT2D eigenvalue weighted by atomic mass is 35.5. The maximum atomic E-state index is 11.1. The number of carbonyl (C=O) groups excluding carboxylic acids is 1. The van der Waals surface area contributed by atoms with Crippen molar-refractivity contribution < 1.29 is 9.53 Å². The van der Waals surface area contributed by atoms with Crippen LogP contribution in [0.15, 0.2) is 18.2 Å². The number of rotatable bonds is 3. The number of carbonyl (C=O) groups is 1. The Morgan fingerprint density at radius 2 is 2.44 bits per heavy atom. The summed E-state index contributed by atoms with van der Waals surface area (Å²) in [4.78, 5) is 11.1. The smallest absolute Gasteiger partial charge is 0.239 e. The summed E-state index contributed by atoms with van der Waals surface area (Å²) in [6, 6.07) is 5.52. The van der Waals surface area contributed by atoms with Crippen LogP contribution in [0.3, 0.4) is 0 Å². The van der Waals surface area contributed by atoms with Gasteiger partial charge in [-0.2, -0.15) is 4.37 Å². The number of aromatic nitrogens is 1. The molecule has 0 unspecified atom stereocenters. The van der Waals surface area contributed by atoms with E-state index >= 15 is 0 Å². The summed E-state index contributed by atoms with van der Waals surface area (Å²) >= 11 is 6.77. The number of fused-ring (bicyclic) bond motifs is 1. The van der Waals surface area contributed by atoms with Crippen LogP contribution in [0.1, 0.15) is 0 Å². The van der Waals surface area contributed by atoms with Crippen molar-refractivity contribution in [3.05, 3.63) is 18.2 Å². The summed E-state index contributed by atoms with van der Waals surface area (Å²) in [5.41, 5.74) is 0.691. The van der Waals surface area contributed by atoms with Gasteiger partial charge < -0.3 is 10.1 Å². The van der Waals surface area contributed by atoms with E-state index in [1.807, 2.05) is 18.2 Å². The van der Waals surface area contributed by atoms with Gasteiger partial charge in [0.05, 0.1) is 17.2 Å². The van der Waals surface area contributed by atoms with Crippen LogP contribution in [-0.2, 0) is 4.79 Å². The van der Waals surface area contributed by atoms with Crippen LogP contribution in [0.2, 0.25) is 0 Å². The Balaban J connectivity index is 2.37. The van der Waals surface area contributed by atoms with Crippen molar-refractivity contribution in [2.24, 2.45) is 0 Å². The van der Waals surface area contributed by atoms with E-state index in [0.717, 1.165) is 10.1 Å². The molecule has 0 radical (unpaired) electrons. The topological polar surface area (TPSA) is 51.2 Å². The number of benzene rings is 1. The molecule has 0 aliphatic rings. The first-order chi connectivity index (χ1) is 7.74. The lowest BCUT2D eigenvalue weighted by molar-refractivity contribution is -0.113. The zero-order valence-electron chi connectivity index (χ0n) is 8.49. The van der Waals surface area contributed by atoms with Crippen molar-refractivity contribution in [3.8, 4) is 5.88 Å². The summed E-state index contributed by atoms with van der Waals surface area (Å²) in [5.74, 6) is 0.280. The Labute approximate surface area is 101 Å². The third kappa shape index (κ3) is 2.10. The number of hydrogen-bond donors (Lipinski definition) is 1. The van der Waals surface area contributed by atoms with E-state index in [0.29, 0.717) is 11.6 Å². The third-order valence-electron chi connectivity index (χ3n) is 2.04. The molecule has 0 saturated heterocycles. The van der Waals surface area contributed by atoms with E-state index in [-0.39, 0.29) is 11.8 Å². The van der Waals surface area contributed by atoms with Crippen LogP contribution in [0.5, 0.6) is 5.88 Å². The fraction of sp³-hybridized carbons (Fsp3) is 0.200. The van der Waals surface area contributed by atoms with E-state index < -0.39 is 0 Å². The Hall–Kier alpha value is -1.33. The molecule has 0 bridgehead atoms. The summed E-state index contributed by atoms with van der Waals surface area (Å²) < 4.78 is 10.3. The number of methoxy groups -OCH3 is 1. The van der Waals surface area contributed by atoms with Gasteiger partial charge in [0.25, 0.3) is 0 Å². The normalized spacial score (nSPS) is 10.4. The van der Waals surface area contributed by atoms with Gasteiger partial charge in [-0.1, -0.05) is 0 Å². The zero-order valence-corrected chi connectivity index (χ0v) is 10.1. The van der Waals surface area contributed by atoms with Crippen LogP contribution >= 0.6 is 23.1 Å². The minimum Gasteiger partial charge on any atom is -0.480 e. The molecule has 0 aliphatic carbocycles. The van der Waals surface area contributed by atoms with E-state index in [4.69, 9.17) is 16.3 Å². The third-order valence-corrected chi connectivity index (χ3v) is 3.09. The minimum absolute atomic E-state index is 0.0585. The molecule has 1 amide bonds. The number of anilines is 1. The number of halogens is 1. The lowest BCUT2D eigenvalue weighted by Gasteiger charge is -2.02. The van der Waals surface area contributed by atoms with Gasteiger partial charge in [-0.25, -0.2) is 0 Å². The molecule has 16 heavy (non-hydrogen) atoms. The predicted molar refractivity (Wildman–Crippen MR) is 65.5 cm³/mol. The fourth-order valence-corrected chi connectivity index (χ4v) is 2.13. The lowest BCUT2D eigenvalue weighted by Crippen LogP contribution is -2.12. The second-order valence-corrected chi connectivity index (χ2v) is 4.16. The molecule has 4 nitrogen and oxygen atoms in total. The molecule has 0 fully saturated rings. The lowest BCUT2D eigenvalue weighted by atomic mass is 10.2. The highest BCUT2D eigenvalue weighted by Gasteiger charge is 2.08. The summed E-state index contributed by atoms with van der Waals surface area (Å²) in [6.07, 6.45) is 0. The molecule has 1 aromatic heterocycles. The molecule has 1 N–H and O–H groups in total. The van der Waals surface area contributed by atoms with E-state index in [1.165, 1.54) is 11.5 Å². The molecular formula is C10H9ClN2O2S. The molecule has 84 valence electrons. The highest BCUT2D eigenvalue weighted by molar-refractivity contribution is 7.13. The number of amides is 1. The van der Waals surface area contributed by atoms with Gasteiger partial charge in [-0.15, -0.1) is 11.6 Å². The maximum Gasteiger partial charge on any atom is 0.239 e. The minimum atomic E-state index is -0.233. The van der Waals surface area contributed by atoms with Crippen molar-refractivity contribution in [1.82, 2.24) is 4.37 Å². The molecular weight excluding hydrogens is 248 g/mol. The molecule has 6 heteroatoms. The van der Waals surface area contributed by atoms with Gasteiger partial charge >= 0.3 is 0 Å². The number of nitrogens with zero attached hydrogens (tertiary/aromatic N) is 1. The SMILES string of the molecule is COc1nsc2ccc(NC(=O)CCl)cc12. The number of nitrogens with one attached hydrogen (secondary N) is 1. The van der Waals surface area contributed by atoms with Crippen LogP contribution in [-0.4, -0.2) is 23.3 Å². The van der Waals surface area contributed by atoms with Gasteiger partial charge in [0.2, 0.25) is 11.8 Å². The van der Waals surface area contributed by atoms with Gasteiger partial charge in [-0.05, 0) is 29.7 Å². The summed E-state index contributed by atoms with van der Waals surface area (Å²) in [6.45, 7) is 0. The van der Waals surface area contributed by atoms with Crippen molar-refractivity contribution in [2.45, 2.75) is 0 Å². The number of hydrogen-bond acceptors (Lipinski definition) is 4. The molecule has 0 atom stereocenters. The van der Waals surface area contributed by atoms with Crippen molar-refractivity contribution in [1.29, 1.82) is 0 Å². The molecule has 1 heterocycles. The Bertz CT molecular complexity index is 527. The van der Waals surface area contributed by atoms with Crippen LogP contribution in [0, 0.1) is 0 Å². The first-order valence-corrected chi connectivity index (χ1v) is 5.84. The highest BCUT2D eigenvalue weighted by Crippen LogP contribution is 2.30. The predicted octanol–water partition coefficient (Wildman–Crippen LogP) is 2.48. The monoisotopic (exact) mass is 256 g/mol. The standard InChI is InChI=1S/C10H9ClN2O2S/c1-15-10-7-4-6(12-9(14)5-11)2-3-8(7)16-13-10/h2-4H,5H2,1H3,(H,12,14). The van der Waals surface area contributed by atoms with E-state index in [9.17, 15) is 4.79 Å². The fourth-order valence-electron chi connectivity index (χ4n) is 1.34. The Kier molecular flexibility index (Phi) is 3.26. The second kappa shape index (κ2) is 4.67. The number of ether oxygens (including phenoxy) is 1. The molecule has 1 aromatic carbocycles. The van der Waals surface area contributed by atoms with Gasteiger partial charge in [0.15, 0.2) is 0 Å². The molecule has 0 spiro atoms. The van der Waals surface area contributed by atoms with Crippen LogP contribution in [0.25, 0.3) is 10.1 Å². The van der Waals surface area contributed by atoms with E-state index in [2.05, 4.69) is 9.69 Å². The average molecular weight is 257 g/mol. The summed E-state index contributed by atoms with van der Waals surface area (Å²) in [7, 11) is 1.57. The first-order valence-electron chi connectivity index (χ1n) is 4.54. The Morgan fingerprint density at radius 1 is 1.62 bits per heavy atom. The van der Waals surface area contributed by atoms with Crippen LogP contribution in [0.4, 0.5) is 5.69 Å².